The molecule has 192 valence electrons. The summed E-state index contributed by atoms with van der Waals surface area (Å²) in [6, 6.07) is 20.5. The van der Waals surface area contributed by atoms with Gasteiger partial charge in [-0.1, -0.05) is 59.3 Å². The van der Waals surface area contributed by atoms with Gasteiger partial charge in [0.2, 0.25) is 0 Å². The SMILES string of the molecule is O=C(NCCN1CCN(c2nc3c(Cl)cccc3s2)CC1)c1ccccc1NS(=O)(=O)c1ccccc1. The predicted octanol–water partition coefficient (Wildman–Crippen LogP) is 4.30. The lowest BCUT2D eigenvalue weighted by Gasteiger charge is -2.34. The lowest BCUT2D eigenvalue weighted by molar-refractivity contribution is 0.0948. The highest BCUT2D eigenvalue weighted by molar-refractivity contribution is 7.92. The Balaban J connectivity index is 1.14. The Morgan fingerprint density at radius 1 is 0.946 bits per heavy atom. The van der Waals surface area contributed by atoms with Gasteiger partial charge in [0.25, 0.3) is 15.9 Å². The molecule has 1 saturated heterocycles. The largest absolute Gasteiger partial charge is 0.351 e. The Bertz CT molecular complexity index is 1500. The molecule has 0 aliphatic carbocycles. The van der Waals surface area contributed by atoms with Crippen molar-refractivity contribution in [2.45, 2.75) is 4.90 Å². The number of nitrogens with zero attached hydrogens (tertiary/aromatic N) is 3. The summed E-state index contributed by atoms with van der Waals surface area (Å²) in [6.07, 6.45) is 0. The second-order valence-corrected chi connectivity index (χ2v) is 11.7. The van der Waals surface area contributed by atoms with Gasteiger partial charge in [-0.25, -0.2) is 13.4 Å². The van der Waals surface area contributed by atoms with Crippen LogP contribution in [0.5, 0.6) is 0 Å². The van der Waals surface area contributed by atoms with E-state index in [-0.39, 0.29) is 22.1 Å². The highest BCUT2D eigenvalue weighted by Crippen LogP contribution is 2.33. The molecule has 3 aromatic carbocycles. The third-order valence-electron chi connectivity index (χ3n) is 6.18. The highest BCUT2D eigenvalue weighted by Gasteiger charge is 2.21. The van der Waals surface area contributed by atoms with Crippen LogP contribution in [0, 0.1) is 0 Å². The number of rotatable bonds is 8. The number of thiazole rings is 1. The molecule has 1 aromatic heterocycles. The number of hydrogen-bond donors (Lipinski definition) is 2. The van der Waals surface area contributed by atoms with Gasteiger partial charge in [0, 0.05) is 39.3 Å². The third-order valence-corrected chi connectivity index (χ3v) is 8.95. The summed E-state index contributed by atoms with van der Waals surface area (Å²) in [7, 11) is -3.80. The average molecular weight is 556 g/mol. The number of nitrogens with one attached hydrogen (secondary N) is 2. The standard InChI is InChI=1S/C26H26ClN5O3S2/c27-21-10-6-12-23-24(21)29-26(36-23)32-17-15-31(16-18-32)14-13-28-25(33)20-9-4-5-11-22(20)30-37(34,35)19-7-2-1-3-8-19/h1-12,30H,13-18H2,(H,28,33). The number of hydrogen-bond acceptors (Lipinski definition) is 7. The normalized spacial score (nSPS) is 14.6. The molecule has 5 rings (SSSR count). The van der Waals surface area contributed by atoms with E-state index in [1.54, 1.807) is 53.8 Å². The zero-order valence-electron chi connectivity index (χ0n) is 19.9. The summed E-state index contributed by atoms with van der Waals surface area (Å²) in [6.45, 7) is 4.55. The molecule has 0 spiro atoms. The number of amides is 1. The first kappa shape index (κ1) is 25.5. The number of fused-ring (bicyclic) bond motifs is 1. The fraction of sp³-hybridized carbons (Fsp3) is 0.231. The van der Waals surface area contributed by atoms with Crippen LogP contribution in [-0.2, 0) is 10.0 Å². The number of carbonyl (C=O) groups is 1. The lowest BCUT2D eigenvalue weighted by Crippen LogP contribution is -2.48. The monoisotopic (exact) mass is 555 g/mol. The van der Waals surface area contributed by atoms with Crippen LogP contribution in [0.15, 0.2) is 77.7 Å². The van der Waals surface area contributed by atoms with Crippen LogP contribution in [0.4, 0.5) is 10.8 Å². The van der Waals surface area contributed by atoms with E-state index < -0.39 is 10.0 Å². The molecular formula is C26H26ClN5O3S2. The maximum Gasteiger partial charge on any atom is 0.261 e. The maximum absolute atomic E-state index is 12.9. The third kappa shape index (κ3) is 5.88. The minimum Gasteiger partial charge on any atom is -0.351 e. The molecule has 0 atom stereocenters. The van der Waals surface area contributed by atoms with Crippen molar-refractivity contribution in [1.29, 1.82) is 0 Å². The molecule has 1 aliphatic rings. The van der Waals surface area contributed by atoms with Crippen LogP contribution in [-0.4, -0.2) is 63.5 Å². The van der Waals surface area contributed by atoms with Gasteiger partial charge in [0.05, 0.1) is 25.9 Å². The first-order valence-electron chi connectivity index (χ1n) is 11.9. The van der Waals surface area contributed by atoms with Gasteiger partial charge in [-0.3, -0.25) is 14.4 Å². The lowest BCUT2D eigenvalue weighted by atomic mass is 10.1. The van der Waals surface area contributed by atoms with Crippen molar-refractivity contribution in [3.63, 3.8) is 0 Å². The summed E-state index contributed by atoms with van der Waals surface area (Å²) < 4.78 is 29.1. The molecule has 8 nitrogen and oxygen atoms in total. The Hall–Kier alpha value is -3.18. The van der Waals surface area contributed by atoms with Crippen LogP contribution >= 0.6 is 22.9 Å². The van der Waals surface area contributed by atoms with Crippen LogP contribution in [0.1, 0.15) is 10.4 Å². The van der Waals surface area contributed by atoms with Crippen LogP contribution < -0.4 is 14.9 Å². The summed E-state index contributed by atoms with van der Waals surface area (Å²) >= 11 is 7.93. The molecule has 2 N–H and O–H groups in total. The highest BCUT2D eigenvalue weighted by atomic mass is 35.5. The molecule has 0 bridgehead atoms. The van der Waals surface area contributed by atoms with E-state index >= 15 is 0 Å². The van der Waals surface area contributed by atoms with Crippen molar-refractivity contribution in [3.05, 3.63) is 83.4 Å². The maximum atomic E-state index is 12.9. The summed E-state index contributed by atoms with van der Waals surface area (Å²) in [5.41, 5.74) is 1.37. The number of anilines is 2. The Kier molecular flexibility index (Phi) is 7.61. The van der Waals surface area contributed by atoms with Crippen LogP contribution in [0.2, 0.25) is 5.02 Å². The second-order valence-electron chi connectivity index (χ2n) is 8.63. The summed E-state index contributed by atoms with van der Waals surface area (Å²) in [5.74, 6) is -0.323. The summed E-state index contributed by atoms with van der Waals surface area (Å²) in [5, 5.41) is 4.57. The zero-order valence-corrected chi connectivity index (χ0v) is 22.3. The smallest absolute Gasteiger partial charge is 0.261 e. The van der Waals surface area contributed by atoms with Gasteiger partial charge in [0.15, 0.2) is 5.13 Å². The Morgan fingerprint density at radius 3 is 2.43 bits per heavy atom. The fourth-order valence-electron chi connectivity index (χ4n) is 4.20. The van der Waals surface area contributed by atoms with E-state index in [9.17, 15) is 13.2 Å². The molecule has 4 aromatic rings. The van der Waals surface area contributed by atoms with Gasteiger partial charge in [-0.2, -0.15) is 0 Å². The van der Waals surface area contributed by atoms with E-state index in [1.807, 2.05) is 18.2 Å². The number of sulfonamides is 1. The van der Waals surface area contributed by atoms with E-state index in [0.717, 1.165) is 41.5 Å². The molecule has 2 heterocycles. The number of aromatic nitrogens is 1. The first-order chi connectivity index (χ1) is 17.9. The first-order valence-corrected chi connectivity index (χ1v) is 14.6. The van der Waals surface area contributed by atoms with Gasteiger partial charge < -0.3 is 10.2 Å². The topological polar surface area (TPSA) is 94.6 Å². The van der Waals surface area contributed by atoms with Crippen molar-refractivity contribution < 1.29 is 13.2 Å². The van der Waals surface area contributed by atoms with Gasteiger partial charge >= 0.3 is 0 Å². The molecule has 0 unspecified atom stereocenters. The average Bonchev–Trinajstić information content (AvgIpc) is 3.35. The minimum absolute atomic E-state index is 0.137. The zero-order chi connectivity index (χ0) is 25.8. The number of carbonyl (C=O) groups excluding carboxylic acids is 1. The quantitative estimate of drug-likeness (QED) is 0.336. The van der Waals surface area contributed by atoms with Crippen molar-refractivity contribution in [2.24, 2.45) is 0 Å². The second kappa shape index (κ2) is 11.1. The van der Waals surface area contributed by atoms with E-state index in [0.29, 0.717) is 18.1 Å². The number of piperazine rings is 1. The minimum atomic E-state index is -3.80. The molecule has 1 amide bonds. The van der Waals surface area contributed by atoms with Gasteiger partial charge in [-0.15, -0.1) is 0 Å². The summed E-state index contributed by atoms with van der Waals surface area (Å²) in [4.78, 5) is 22.3. The van der Waals surface area contributed by atoms with Gasteiger partial charge in [0.1, 0.15) is 5.52 Å². The van der Waals surface area contributed by atoms with Crippen LogP contribution in [0.25, 0.3) is 10.2 Å². The van der Waals surface area contributed by atoms with Crippen molar-refractivity contribution in [3.8, 4) is 0 Å². The fourth-order valence-corrected chi connectivity index (χ4v) is 6.62. The molecule has 0 saturated carbocycles. The van der Waals surface area contributed by atoms with Gasteiger partial charge in [-0.05, 0) is 36.4 Å². The molecular weight excluding hydrogens is 530 g/mol. The Labute approximate surface area is 224 Å². The number of halogens is 1. The van der Waals surface area contributed by atoms with E-state index in [2.05, 4.69) is 19.8 Å². The number of benzene rings is 3. The molecule has 0 radical (unpaired) electrons. The van der Waals surface area contributed by atoms with E-state index in [1.165, 1.54) is 12.1 Å². The van der Waals surface area contributed by atoms with Crippen molar-refractivity contribution in [2.75, 3.05) is 48.9 Å². The van der Waals surface area contributed by atoms with E-state index in [4.69, 9.17) is 16.6 Å². The molecule has 11 heteroatoms. The molecule has 1 aliphatic heterocycles. The molecule has 37 heavy (non-hydrogen) atoms. The number of para-hydroxylation sites is 2. The predicted molar refractivity (Wildman–Crippen MR) is 149 cm³/mol. The van der Waals surface area contributed by atoms with Crippen molar-refractivity contribution in [1.82, 2.24) is 15.2 Å². The van der Waals surface area contributed by atoms with Crippen molar-refractivity contribution >= 4 is 59.9 Å². The molecule has 1 fully saturated rings. The Morgan fingerprint density at radius 2 is 1.68 bits per heavy atom. The van der Waals surface area contributed by atoms with Crippen LogP contribution in [0.3, 0.4) is 0 Å².